The van der Waals surface area contributed by atoms with Crippen LogP contribution >= 0.6 is 0 Å². The van der Waals surface area contributed by atoms with Crippen LogP contribution in [0, 0.1) is 0 Å². The van der Waals surface area contributed by atoms with Crippen molar-refractivity contribution in [1.82, 2.24) is 9.80 Å². The average Bonchev–Trinajstić information content (AvgIpc) is 3.09. The first kappa shape index (κ1) is 15.8. The smallest absolute Gasteiger partial charge is 0.237 e. The van der Waals surface area contributed by atoms with E-state index in [4.69, 9.17) is 9.15 Å². The largest absolute Gasteiger partial charge is 0.467 e. The lowest BCUT2D eigenvalue weighted by atomic mass is 10.2. The van der Waals surface area contributed by atoms with E-state index in [1.807, 2.05) is 47.4 Å². The fourth-order valence-corrected chi connectivity index (χ4v) is 2.68. The van der Waals surface area contributed by atoms with Crippen molar-refractivity contribution in [3.63, 3.8) is 0 Å². The van der Waals surface area contributed by atoms with Crippen molar-refractivity contribution in [1.29, 1.82) is 0 Å². The SMILES string of the molecule is O=C(CN1CCOCC1)N(Cc1ccccc1)Cc1ccco1. The molecule has 0 unspecified atom stereocenters. The standard InChI is InChI=1S/C18H22N2O3/c21-18(15-19-8-11-22-12-9-19)20(14-17-7-4-10-23-17)13-16-5-2-1-3-6-16/h1-7,10H,8-9,11-15H2. The van der Waals surface area contributed by atoms with Gasteiger partial charge in [-0.15, -0.1) is 0 Å². The minimum atomic E-state index is 0.118. The summed E-state index contributed by atoms with van der Waals surface area (Å²) in [6.45, 7) is 4.53. The van der Waals surface area contributed by atoms with E-state index < -0.39 is 0 Å². The molecule has 1 aliphatic rings. The van der Waals surface area contributed by atoms with Crippen molar-refractivity contribution < 1.29 is 13.9 Å². The maximum atomic E-state index is 12.7. The number of rotatable bonds is 6. The maximum Gasteiger partial charge on any atom is 0.237 e. The van der Waals surface area contributed by atoms with Gasteiger partial charge in [-0.1, -0.05) is 30.3 Å². The van der Waals surface area contributed by atoms with Gasteiger partial charge in [-0.2, -0.15) is 0 Å². The number of amides is 1. The molecular formula is C18H22N2O3. The molecule has 1 aromatic heterocycles. The first-order valence-corrected chi connectivity index (χ1v) is 7.95. The predicted octanol–water partition coefficient (Wildman–Crippen LogP) is 2.14. The highest BCUT2D eigenvalue weighted by molar-refractivity contribution is 5.78. The number of nitrogens with zero attached hydrogens (tertiary/aromatic N) is 2. The molecule has 23 heavy (non-hydrogen) atoms. The van der Waals surface area contributed by atoms with Gasteiger partial charge in [-0.3, -0.25) is 9.69 Å². The van der Waals surface area contributed by atoms with E-state index in [2.05, 4.69) is 4.90 Å². The van der Waals surface area contributed by atoms with Crippen LogP contribution in [0.15, 0.2) is 53.1 Å². The molecule has 0 bridgehead atoms. The zero-order valence-electron chi connectivity index (χ0n) is 13.2. The zero-order valence-corrected chi connectivity index (χ0v) is 13.2. The monoisotopic (exact) mass is 314 g/mol. The summed E-state index contributed by atoms with van der Waals surface area (Å²) < 4.78 is 10.8. The Morgan fingerprint density at radius 3 is 2.52 bits per heavy atom. The van der Waals surface area contributed by atoms with Crippen LogP contribution in [0.4, 0.5) is 0 Å². The zero-order chi connectivity index (χ0) is 15.9. The first-order chi connectivity index (χ1) is 11.3. The minimum Gasteiger partial charge on any atom is -0.467 e. The van der Waals surface area contributed by atoms with E-state index >= 15 is 0 Å². The number of carbonyl (C=O) groups is 1. The molecule has 0 aliphatic carbocycles. The minimum absolute atomic E-state index is 0.118. The van der Waals surface area contributed by atoms with Crippen molar-refractivity contribution in [2.24, 2.45) is 0 Å². The molecule has 0 spiro atoms. The maximum absolute atomic E-state index is 12.7. The van der Waals surface area contributed by atoms with Crippen LogP contribution in [-0.4, -0.2) is 48.6 Å². The van der Waals surface area contributed by atoms with E-state index in [1.54, 1.807) is 6.26 Å². The Morgan fingerprint density at radius 2 is 1.83 bits per heavy atom. The molecule has 2 aromatic rings. The molecule has 2 heterocycles. The Labute approximate surface area is 136 Å². The van der Waals surface area contributed by atoms with Crippen molar-refractivity contribution in [2.75, 3.05) is 32.8 Å². The molecule has 1 aromatic carbocycles. The van der Waals surface area contributed by atoms with Crippen LogP contribution in [0.25, 0.3) is 0 Å². The summed E-state index contributed by atoms with van der Waals surface area (Å²) in [6, 6.07) is 13.8. The normalized spacial score (nSPS) is 15.5. The molecule has 3 rings (SSSR count). The highest BCUT2D eigenvalue weighted by atomic mass is 16.5. The molecule has 122 valence electrons. The van der Waals surface area contributed by atoms with Gasteiger partial charge < -0.3 is 14.1 Å². The lowest BCUT2D eigenvalue weighted by Gasteiger charge is -2.29. The van der Waals surface area contributed by atoms with Gasteiger partial charge in [-0.25, -0.2) is 0 Å². The Bertz CT molecular complexity index is 592. The summed E-state index contributed by atoms with van der Waals surface area (Å²) in [5, 5.41) is 0. The Hall–Kier alpha value is -2.11. The van der Waals surface area contributed by atoms with Gasteiger partial charge in [0.25, 0.3) is 0 Å². The molecule has 5 heteroatoms. The summed E-state index contributed by atoms with van der Waals surface area (Å²) in [6.07, 6.45) is 1.64. The number of carbonyl (C=O) groups excluding carboxylic acids is 1. The van der Waals surface area contributed by atoms with Crippen molar-refractivity contribution in [3.05, 3.63) is 60.1 Å². The molecule has 0 radical (unpaired) electrons. The summed E-state index contributed by atoms with van der Waals surface area (Å²) in [5.74, 6) is 0.920. The van der Waals surface area contributed by atoms with Gasteiger partial charge >= 0.3 is 0 Å². The third-order valence-corrected chi connectivity index (χ3v) is 3.96. The molecule has 1 amide bonds. The lowest BCUT2D eigenvalue weighted by Crippen LogP contribution is -2.44. The first-order valence-electron chi connectivity index (χ1n) is 7.95. The highest BCUT2D eigenvalue weighted by Gasteiger charge is 2.20. The summed E-state index contributed by atoms with van der Waals surface area (Å²) in [7, 11) is 0. The van der Waals surface area contributed by atoms with Crippen LogP contribution in [0.1, 0.15) is 11.3 Å². The molecule has 5 nitrogen and oxygen atoms in total. The fraction of sp³-hybridized carbons (Fsp3) is 0.389. The van der Waals surface area contributed by atoms with Gasteiger partial charge in [-0.05, 0) is 17.7 Å². The van der Waals surface area contributed by atoms with Crippen LogP contribution in [0.3, 0.4) is 0 Å². The summed E-state index contributed by atoms with van der Waals surface area (Å²) in [4.78, 5) is 16.7. The molecular weight excluding hydrogens is 292 g/mol. The average molecular weight is 314 g/mol. The topological polar surface area (TPSA) is 45.9 Å². The van der Waals surface area contributed by atoms with Gasteiger partial charge in [0, 0.05) is 19.6 Å². The number of benzene rings is 1. The summed E-state index contributed by atoms with van der Waals surface area (Å²) in [5.41, 5.74) is 1.12. The molecule has 1 fully saturated rings. The van der Waals surface area contributed by atoms with Gasteiger partial charge in [0.2, 0.25) is 5.91 Å². The van der Waals surface area contributed by atoms with Crippen LogP contribution in [-0.2, 0) is 22.6 Å². The Balaban J connectivity index is 1.66. The van der Waals surface area contributed by atoms with Crippen LogP contribution in [0.5, 0.6) is 0 Å². The van der Waals surface area contributed by atoms with Gasteiger partial charge in [0.05, 0.1) is 32.6 Å². The van der Waals surface area contributed by atoms with Crippen molar-refractivity contribution in [3.8, 4) is 0 Å². The van der Waals surface area contributed by atoms with Gasteiger partial charge in [0.15, 0.2) is 0 Å². The van der Waals surface area contributed by atoms with E-state index in [0.717, 1.165) is 24.4 Å². The second kappa shape index (κ2) is 7.94. The molecule has 1 aliphatic heterocycles. The van der Waals surface area contributed by atoms with Crippen LogP contribution in [0.2, 0.25) is 0 Å². The van der Waals surface area contributed by atoms with Crippen molar-refractivity contribution >= 4 is 5.91 Å². The Kier molecular flexibility index (Phi) is 5.45. The third kappa shape index (κ3) is 4.68. The second-order valence-corrected chi connectivity index (χ2v) is 5.70. The van der Waals surface area contributed by atoms with E-state index in [0.29, 0.717) is 32.8 Å². The number of hydrogen-bond donors (Lipinski definition) is 0. The highest BCUT2D eigenvalue weighted by Crippen LogP contribution is 2.12. The number of ether oxygens (including phenoxy) is 1. The number of furan rings is 1. The van der Waals surface area contributed by atoms with Crippen molar-refractivity contribution in [2.45, 2.75) is 13.1 Å². The third-order valence-electron chi connectivity index (χ3n) is 3.96. The lowest BCUT2D eigenvalue weighted by molar-refractivity contribution is -0.135. The number of morpholine rings is 1. The van der Waals surface area contributed by atoms with E-state index in [-0.39, 0.29) is 5.91 Å². The van der Waals surface area contributed by atoms with E-state index in [9.17, 15) is 4.79 Å². The number of hydrogen-bond acceptors (Lipinski definition) is 4. The van der Waals surface area contributed by atoms with Gasteiger partial charge in [0.1, 0.15) is 5.76 Å². The molecule has 0 saturated carbocycles. The molecule has 0 N–H and O–H groups in total. The fourth-order valence-electron chi connectivity index (χ4n) is 2.68. The molecule has 0 atom stereocenters. The summed E-state index contributed by atoms with van der Waals surface area (Å²) >= 11 is 0. The molecule has 1 saturated heterocycles. The van der Waals surface area contributed by atoms with E-state index in [1.165, 1.54) is 0 Å². The second-order valence-electron chi connectivity index (χ2n) is 5.70. The Morgan fingerprint density at radius 1 is 1.04 bits per heavy atom. The predicted molar refractivity (Wildman–Crippen MR) is 86.7 cm³/mol. The van der Waals surface area contributed by atoms with Crippen LogP contribution < -0.4 is 0 Å². The quantitative estimate of drug-likeness (QED) is 0.819.